The number of benzene rings is 1. The van der Waals surface area contributed by atoms with E-state index in [1.807, 2.05) is 41.3 Å². The van der Waals surface area contributed by atoms with E-state index in [0.29, 0.717) is 28.7 Å². The Balaban J connectivity index is 1.58. The Morgan fingerprint density at radius 2 is 1.82 bits per heavy atom. The van der Waals surface area contributed by atoms with Gasteiger partial charge in [-0.05, 0) is 43.9 Å². The van der Waals surface area contributed by atoms with Crippen molar-refractivity contribution in [2.75, 3.05) is 0 Å². The maximum absolute atomic E-state index is 12.9. The Kier molecular flexibility index (Phi) is 3.41. The molecule has 0 N–H and O–H groups in total. The van der Waals surface area contributed by atoms with Gasteiger partial charge in [-0.1, -0.05) is 23.7 Å². The number of amides is 1. The fraction of sp³-hybridized carbons (Fsp3) is 0.412. The maximum Gasteiger partial charge on any atom is 0.255 e. The van der Waals surface area contributed by atoms with Gasteiger partial charge in [0.05, 0.1) is 16.6 Å². The summed E-state index contributed by atoms with van der Waals surface area (Å²) in [6, 6.07) is 10.3. The Hall–Kier alpha value is -1.81. The molecule has 2 aliphatic rings. The topological polar surface area (TPSA) is 38.1 Å². The zero-order valence-corrected chi connectivity index (χ0v) is 13.0. The monoisotopic (exact) mass is 315 g/mol. The molecular formula is C17H18ClN3O. The van der Waals surface area contributed by atoms with Crippen molar-refractivity contribution in [2.45, 2.75) is 43.8 Å². The third-order valence-corrected chi connectivity index (χ3v) is 5.28. The third-order valence-electron chi connectivity index (χ3n) is 4.95. The van der Waals surface area contributed by atoms with E-state index in [1.54, 1.807) is 6.07 Å². The van der Waals surface area contributed by atoms with E-state index in [2.05, 4.69) is 10.00 Å². The SMILES string of the molecule is O=C(c1ccccc1Cl)N1C2CCC1CC(n1cccn1)C2. The first kappa shape index (κ1) is 13.8. The molecule has 2 bridgehead atoms. The van der Waals surface area contributed by atoms with E-state index in [-0.39, 0.29) is 5.91 Å². The number of carbonyl (C=O) groups is 1. The van der Waals surface area contributed by atoms with Crippen LogP contribution in [0, 0.1) is 0 Å². The van der Waals surface area contributed by atoms with Crippen molar-refractivity contribution in [1.29, 1.82) is 0 Å². The van der Waals surface area contributed by atoms with Crippen LogP contribution in [0.5, 0.6) is 0 Å². The molecule has 1 aromatic carbocycles. The van der Waals surface area contributed by atoms with Gasteiger partial charge in [0.1, 0.15) is 0 Å². The lowest BCUT2D eigenvalue weighted by molar-refractivity contribution is 0.0524. The second-order valence-corrected chi connectivity index (χ2v) is 6.60. The number of hydrogen-bond donors (Lipinski definition) is 0. The standard InChI is InChI=1S/C17H18ClN3O/c18-16-5-2-1-4-15(16)17(22)21-12-6-7-13(21)11-14(10-12)20-9-3-8-19-20/h1-5,8-9,12-14H,6-7,10-11H2. The van der Waals surface area contributed by atoms with Crippen LogP contribution in [-0.4, -0.2) is 32.7 Å². The lowest BCUT2D eigenvalue weighted by Crippen LogP contribution is -2.47. The van der Waals surface area contributed by atoms with Crippen molar-refractivity contribution in [2.24, 2.45) is 0 Å². The first-order valence-electron chi connectivity index (χ1n) is 7.80. The third kappa shape index (κ3) is 2.22. The van der Waals surface area contributed by atoms with Crippen LogP contribution in [0.25, 0.3) is 0 Å². The van der Waals surface area contributed by atoms with Crippen LogP contribution in [-0.2, 0) is 0 Å². The minimum atomic E-state index is 0.0806. The summed E-state index contributed by atoms with van der Waals surface area (Å²) < 4.78 is 2.04. The highest BCUT2D eigenvalue weighted by atomic mass is 35.5. The van der Waals surface area contributed by atoms with Gasteiger partial charge in [0.2, 0.25) is 0 Å². The van der Waals surface area contributed by atoms with Crippen LogP contribution in [0.2, 0.25) is 5.02 Å². The van der Waals surface area contributed by atoms with Crippen LogP contribution in [0.4, 0.5) is 0 Å². The van der Waals surface area contributed by atoms with Crippen LogP contribution >= 0.6 is 11.6 Å². The van der Waals surface area contributed by atoms with Gasteiger partial charge in [-0.3, -0.25) is 9.48 Å². The zero-order chi connectivity index (χ0) is 15.1. The molecule has 3 heterocycles. The summed E-state index contributed by atoms with van der Waals surface area (Å²) in [4.78, 5) is 15.0. The van der Waals surface area contributed by atoms with Gasteiger partial charge in [0, 0.05) is 24.5 Å². The van der Waals surface area contributed by atoms with E-state index in [0.717, 1.165) is 25.7 Å². The van der Waals surface area contributed by atoms with Crippen molar-refractivity contribution < 1.29 is 4.79 Å². The predicted octanol–water partition coefficient (Wildman–Crippen LogP) is 3.54. The van der Waals surface area contributed by atoms with Crippen LogP contribution in [0.15, 0.2) is 42.7 Å². The van der Waals surface area contributed by atoms with Crippen molar-refractivity contribution in [3.8, 4) is 0 Å². The summed E-state index contributed by atoms with van der Waals surface area (Å²) in [6.07, 6.45) is 7.97. The quantitative estimate of drug-likeness (QED) is 0.850. The molecule has 0 radical (unpaired) electrons. The van der Waals surface area contributed by atoms with Crippen LogP contribution in [0.3, 0.4) is 0 Å². The Morgan fingerprint density at radius 1 is 1.09 bits per heavy atom. The summed E-state index contributed by atoms with van der Waals surface area (Å²) in [6.45, 7) is 0. The number of nitrogens with zero attached hydrogens (tertiary/aromatic N) is 3. The zero-order valence-electron chi connectivity index (χ0n) is 12.2. The second kappa shape index (κ2) is 5.43. The Bertz CT molecular complexity index is 671. The smallest absolute Gasteiger partial charge is 0.255 e. The first-order chi connectivity index (χ1) is 10.7. The summed E-state index contributed by atoms with van der Waals surface area (Å²) in [7, 11) is 0. The van der Waals surface area contributed by atoms with Gasteiger partial charge in [-0.2, -0.15) is 5.10 Å². The fourth-order valence-corrected chi connectivity index (χ4v) is 4.18. The molecule has 4 rings (SSSR count). The van der Waals surface area contributed by atoms with Crippen molar-refractivity contribution in [3.63, 3.8) is 0 Å². The average molecular weight is 316 g/mol. The predicted molar refractivity (Wildman–Crippen MR) is 84.9 cm³/mol. The molecule has 0 spiro atoms. The maximum atomic E-state index is 12.9. The highest BCUT2D eigenvalue weighted by Crippen LogP contribution is 2.41. The Labute approximate surface area is 134 Å². The molecule has 22 heavy (non-hydrogen) atoms. The van der Waals surface area contributed by atoms with Gasteiger partial charge in [0.15, 0.2) is 0 Å². The minimum Gasteiger partial charge on any atom is -0.332 e. The second-order valence-electron chi connectivity index (χ2n) is 6.19. The summed E-state index contributed by atoms with van der Waals surface area (Å²) in [5.74, 6) is 0.0806. The molecule has 2 atom stereocenters. The number of rotatable bonds is 2. The molecular weight excluding hydrogens is 298 g/mol. The van der Waals surface area contributed by atoms with Gasteiger partial charge in [-0.25, -0.2) is 0 Å². The van der Waals surface area contributed by atoms with E-state index >= 15 is 0 Å². The molecule has 1 aromatic heterocycles. The van der Waals surface area contributed by atoms with E-state index in [9.17, 15) is 4.79 Å². The molecule has 2 saturated heterocycles. The molecule has 2 unspecified atom stereocenters. The number of fused-ring (bicyclic) bond motifs is 2. The van der Waals surface area contributed by atoms with E-state index in [4.69, 9.17) is 11.6 Å². The van der Waals surface area contributed by atoms with Crippen molar-refractivity contribution >= 4 is 17.5 Å². The number of halogens is 1. The molecule has 2 aromatic rings. The highest BCUT2D eigenvalue weighted by molar-refractivity contribution is 6.33. The number of aromatic nitrogens is 2. The Morgan fingerprint density at radius 3 is 2.45 bits per heavy atom. The van der Waals surface area contributed by atoms with Crippen LogP contribution < -0.4 is 0 Å². The number of piperidine rings is 1. The van der Waals surface area contributed by atoms with Gasteiger partial charge >= 0.3 is 0 Å². The normalized spacial score (nSPS) is 27.1. The molecule has 1 amide bonds. The largest absolute Gasteiger partial charge is 0.332 e. The van der Waals surface area contributed by atoms with E-state index in [1.165, 1.54) is 0 Å². The van der Waals surface area contributed by atoms with E-state index < -0.39 is 0 Å². The summed E-state index contributed by atoms with van der Waals surface area (Å²) in [5.41, 5.74) is 0.624. The summed E-state index contributed by atoms with van der Waals surface area (Å²) >= 11 is 6.20. The van der Waals surface area contributed by atoms with Crippen LogP contribution in [0.1, 0.15) is 42.1 Å². The molecule has 5 heteroatoms. The summed E-state index contributed by atoms with van der Waals surface area (Å²) in [5, 5.41) is 4.91. The van der Waals surface area contributed by atoms with Gasteiger partial charge in [0.25, 0.3) is 5.91 Å². The fourth-order valence-electron chi connectivity index (χ4n) is 3.97. The average Bonchev–Trinajstić information content (AvgIpc) is 3.14. The lowest BCUT2D eigenvalue weighted by atomic mass is 9.96. The van der Waals surface area contributed by atoms with Crippen molar-refractivity contribution in [3.05, 3.63) is 53.3 Å². The first-order valence-corrected chi connectivity index (χ1v) is 8.18. The molecule has 0 saturated carbocycles. The molecule has 114 valence electrons. The molecule has 4 nitrogen and oxygen atoms in total. The molecule has 0 aliphatic carbocycles. The van der Waals surface area contributed by atoms with Gasteiger partial charge < -0.3 is 4.90 Å². The van der Waals surface area contributed by atoms with Gasteiger partial charge in [-0.15, -0.1) is 0 Å². The molecule has 2 fully saturated rings. The lowest BCUT2D eigenvalue weighted by Gasteiger charge is -2.39. The minimum absolute atomic E-state index is 0.0806. The molecule has 2 aliphatic heterocycles. The number of carbonyl (C=O) groups excluding carboxylic acids is 1. The number of hydrogen-bond acceptors (Lipinski definition) is 2. The highest BCUT2D eigenvalue weighted by Gasteiger charge is 2.44. The van der Waals surface area contributed by atoms with Crippen molar-refractivity contribution in [1.82, 2.24) is 14.7 Å².